The SMILES string of the molecule is c1ccc(-c2nc(-c3ccccc3)nc(-c3ccc4nc(-c5cccc(-n6c7ccccc7c7cc8c(cc76)oc6ccccc68)c5)oc4c3)n2)cc1. The monoisotopic (exact) mass is 681 g/mol. The summed E-state index contributed by atoms with van der Waals surface area (Å²) in [7, 11) is 0. The number of para-hydroxylation sites is 2. The number of hydrogen-bond donors (Lipinski definition) is 0. The molecule has 0 saturated heterocycles. The van der Waals surface area contributed by atoms with Crippen LogP contribution in [0.1, 0.15) is 0 Å². The highest BCUT2D eigenvalue weighted by Gasteiger charge is 2.18. The Bertz CT molecular complexity index is 3120. The molecule has 7 heteroatoms. The summed E-state index contributed by atoms with van der Waals surface area (Å²) in [4.78, 5) is 19.5. The summed E-state index contributed by atoms with van der Waals surface area (Å²) in [6, 6.07) is 55.3. The normalized spacial score (nSPS) is 11.8. The van der Waals surface area contributed by atoms with E-state index in [2.05, 4.69) is 65.2 Å². The van der Waals surface area contributed by atoms with Gasteiger partial charge in [0.05, 0.1) is 11.0 Å². The van der Waals surface area contributed by atoms with Crippen molar-refractivity contribution in [2.75, 3.05) is 0 Å². The van der Waals surface area contributed by atoms with Gasteiger partial charge in [0.2, 0.25) is 5.89 Å². The van der Waals surface area contributed by atoms with Crippen molar-refractivity contribution in [3.63, 3.8) is 0 Å². The summed E-state index contributed by atoms with van der Waals surface area (Å²) < 4.78 is 15.1. The standard InChI is InChI=1S/C46H27N5O2/c1-3-12-28(13-4-1)43-48-44(29-14-5-2-6-15-29)50-45(49-43)30-22-23-37-42(25-30)53-46(47-37)31-16-11-17-32(24-31)51-38-20-9-7-18-33(38)35-26-36-34-19-8-10-21-40(34)52-41(36)27-39(35)51/h1-27H. The van der Waals surface area contributed by atoms with E-state index in [1.54, 1.807) is 0 Å². The van der Waals surface area contributed by atoms with E-state index >= 15 is 0 Å². The maximum absolute atomic E-state index is 6.48. The van der Waals surface area contributed by atoms with E-state index in [0.29, 0.717) is 28.9 Å². The molecule has 11 rings (SSSR count). The van der Waals surface area contributed by atoms with Gasteiger partial charge in [0.1, 0.15) is 16.7 Å². The number of nitrogens with zero attached hydrogens (tertiary/aromatic N) is 5. The minimum atomic E-state index is 0.532. The summed E-state index contributed by atoms with van der Waals surface area (Å²) in [6.45, 7) is 0. The number of furan rings is 1. The Kier molecular flexibility index (Phi) is 6.42. The van der Waals surface area contributed by atoms with Gasteiger partial charge in [-0.25, -0.2) is 19.9 Å². The van der Waals surface area contributed by atoms with Gasteiger partial charge in [0, 0.05) is 55.6 Å². The molecule has 0 N–H and O–H groups in total. The number of hydrogen-bond acceptors (Lipinski definition) is 6. The molecule has 0 atom stereocenters. The molecule has 7 aromatic carbocycles. The molecule has 0 amide bonds. The predicted octanol–water partition coefficient (Wildman–Crippen LogP) is 11.7. The topological polar surface area (TPSA) is 82.8 Å². The summed E-state index contributed by atoms with van der Waals surface area (Å²) >= 11 is 0. The van der Waals surface area contributed by atoms with Gasteiger partial charge < -0.3 is 13.4 Å². The Morgan fingerprint density at radius 2 is 1.02 bits per heavy atom. The Hall–Kier alpha value is -7.38. The molecule has 0 saturated carbocycles. The number of benzene rings is 7. The predicted molar refractivity (Wildman–Crippen MR) is 211 cm³/mol. The molecule has 0 fully saturated rings. The smallest absolute Gasteiger partial charge is 0.227 e. The molecule has 248 valence electrons. The fourth-order valence-corrected chi connectivity index (χ4v) is 7.37. The first-order chi connectivity index (χ1) is 26.2. The van der Waals surface area contributed by atoms with Crippen LogP contribution in [0.5, 0.6) is 0 Å². The van der Waals surface area contributed by atoms with Gasteiger partial charge in [-0.3, -0.25) is 0 Å². The average molecular weight is 682 g/mol. The first-order valence-electron chi connectivity index (χ1n) is 17.5. The van der Waals surface area contributed by atoms with E-state index in [9.17, 15) is 0 Å². The second-order valence-corrected chi connectivity index (χ2v) is 13.1. The first kappa shape index (κ1) is 29.4. The largest absolute Gasteiger partial charge is 0.456 e. The third-order valence-electron chi connectivity index (χ3n) is 9.87. The second-order valence-electron chi connectivity index (χ2n) is 13.1. The van der Waals surface area contributed by atoms with Crippen LogP contribution in [0, 0.1) is 0 Å². The lowest BCUT2D eigenvalue weighted by Crippen LogP contribution is -2.00. The Balaban J connectivity index is 1.02. The Labute approximate surface area is 302 Å². The summed E-state index contributed by atoms with van der Waals surface area (Å²) in [5.41, 5.74) is 9.84. The van der Waals surface area contributed by atoms with Crippen molar-refractivity contribution in [2.45, 2.75) is 0 Å². The molecule has 0 bridgehead atoms. The van der Waals surface area contributed by atoms with Gasteiger partial charge in [-0.15, -0.1) is 0 Å². The van der Waals surface area contributed by atoms with Crippen LogP contribution in [0.3, 0.4) is 0 Å². The van der Waals surface area contributed by atoms with Crippen LogP contribution in [0.4, 0.5) is 0 Å². The molecular formula is C46H27N5O2. The lowest BCUT2D eigenvalue weighted by atomic mass is 10.1. The lowest BCUT2D eigenvalue weighted by Gasteiger charge is -2.09. The second kappa shape index (κ2) is 11.6. The maximum atomic E-state index is 6.48. The minimum absolute atomic E-state index is 0.532. The summed E-state index contributed by atoms with van der Waals surface area (Å²) in [5.74, 6) is 2.31. The van der Waals surface area contributed by atoms with Crippen LogP contribution < -0.4 is 0 Å². The van der Waals surface area contributed by atoms with Crippen molar-refractivity contribution in [2.24, 2.45) is 0 Å². The zero-order chi connectivity index (χ0) is 34.9. The average Bonchev–Trinajstić information content (AvgIpc) is 3.92. The van der Waals surface area contributed by atoms with Gasteiger partial charge in [-0.2, -0.15) is 0 Å². The molecule has 4 heterocycles. The number of fused-ring (bicyclic) bond motifs is 7. The van der Waals surface area contributed by atoms with Gasteiger partial charge >= 0.3 is 0 Å². The van der Waals surface area contributed by atoms with Crippen LogP contribution in [-0.2, 0) is 0 Å². The summed E-state index contributed by atoms with van der Waals surface area (Å²) in [6.07, 6.45) is 0. The molecule has 4 aromatic heterocycles. The fourth-order valence-electron chi connectivity index (χ4n) is 7.37. The van der Waals surface area contributed by atoms with E-state index in [1.807, 2.05) is 103 Å². The van der Waals surface area contributed by atoms with E-state index in [4.69, 9.17) is 28.8 Å². The molecule has 0 spiro atoms. The minimum Gasteiger partial charge on any atom is -0.456 e. The van der Waals surface area contributed by atoms with Crippen molar-refractivity contribution >= 4 is 54.8 Å². The van der Waals surface area contributed by atoms with Gasteiger partial charge in [-0.1, -0.05) is 103 Å². The molecule has 0 unspecified atom stereocenters. The van der Waals surface area contributed by atoms with Crippen LogP contribution in [-0.4, -0.2) is 24.5 Å². The van der Waals surface area contributed by atoms with Crippen LogP contribution in [0.15, 0.2) is 173 Å². The Morgan fingerprint density at radius 3 is 1.79 bits per heavy atom. The third-order valence-corrected chi connectivity index (χ3v) is 9.87. The quantitative estimate of drug-likeness (QED) is 0.180. The number of aromatic nitrogens is 5. The van der Waals surface area contributed by atoms with E-state index in [1.165, 1.54) is 10.8 Å². The molecular weight excluding hydrogens is 655 g/mol. The molecule has 0 radical (unpaired) electrons. The van der Waals surface area contributed by atoms with Crippen LogP contribution in [0.25, 0.3) is 106 Å². The maximum Gasteiger partial charge on any atom is 0.227 e. The van der Waals surface area contributed by atoms with Crippen LogP contribution >= 0.6 is 0 Å². The van der Waals surface area contributed by atoms with E-state index in [-0.39, 0.29) is 0 Å². The van der Waals surface area contributed by atoms with Crippen LogP contribution in [0.2, 0.25) is 0 Å². The van der Waals surface area contributed by atoms with Gasteiger partial charge in [-0.05, 0) is 54.6 Å². The molecule has 0 aliphatic heterocycles. The fraction of sp³-hybridized carbons (Fsp3) is 0. The van der Waals surface area contributed by atoms with Gasteiger partial charge in [0.15, 0.2) is 23.1 Å². The van der Waals surface area contributed by atoms with Crippen molar-refractivity contribution < 1.29 is 8.83 Å². The highest BCUT2D eigenvalue weighted by molar-refractivity contribution is 6.17. The van der Waals surface area contributed by atoms with Crippen molar-refractivity contribution in [1.29, 1.82) is 0 Å². The Morgan fingerprint density at radius 1 is 0.358 bits per heavy atom. The molecule has 0 aliphatic carbocycles. The molecule has 11 aromatic rings. The van der Waals surface area contributed by atoms with Crippen molar-refractivity contribution in [3.8, 4) is 51.3 Å². The van der Waals surface area contributed by atoms with E-state index < -0.39 is 0 Å². The van der Waals surface area contributed by atoms with Gasteiger partial charge in [0.25, 0.3) is 0 Å². The lowest BCUT2D eigenvalue weighted by molar-refractivity contribution is 0.620. The summed E-state index contributed by atoms with van der Waals surface area (Å²) in [5, 5.41) is 4.58. The highest BCUT2D eigenvalue weighted by atomic mass is 16.3. The molecule has 0 aliphatic rings. The third kappa shape index (κ3) is 4.82. The highest BCUT2D eigenvalue weighted by Crippen LogP contribution is 2.39. The number of oxazole rings is 1. The zero-order valence-corrected chi connectivity index (χ0v) is 28.1. The number of rotatable bonds is 5. The molecule has 7 nitrogen and oxygen atoms in total. The van der Waals surface area contributed by atoms with Crippen molar-refractivity contribution in [3.05, 3.63) is 164 Å². The first-order valence-corrected chi connectivity index (χ1v) is 17.5. The van der Waals surface area contributed by atoms with Crippen molar-refractivity contribution in [1.82, 2.24) is 24.5 Å². The molecule has 53 heavy (non-hydrogen) atoms. The zero-order valence-electron chi connectivity index (χ0n) is 28.1. The van der Waals surface area contributed by atoms with E-state index in [0.717, 1.165) is 66.4 Å².